The van der Waals surface area contributed by atoms with Gasteiger partial charge in [0.15, 0.2) is 11.5 Å². The summed E-state index contributed by atoms with van der Waals surface area (Å²) in [6.45, 7) is 8.15. The molecule has 2 atom stereocenters. The summed E-state index contributed by atoms with van der Waals surface area (Å²) in [5.41, 5.74) is 4.55. The fourth-order valence-corrected chi connectivity index (χ4v) is 6.03. The van der Waals surface area contributed by atoms with Crippen LogP contribution >= 0.6 is 11.6 Å². The number of fused-ring (bicyclic) bond motifs is 1. The summed E-state index contributed by atoms with van der Waals surface area (Å²) in [7, 11) is 1.60. The van der Waals surface area contributed by atoms with Crippen LogP contribution in [-0.4, -0.2) is 72.7 Å². The van der Waals surface area contributed by atoms with E-state index in [1.165, 1.54) is 0 Å². The molecule has 2 aliphatic heterocycles. The first kappa shape index (κ1) is 29.9. The van der Waals surface area contributed by atoms with Crippen LogP contribution in [0.5, 0.6) is 11.5 Å². The Bertz CT molecular complexity index is 1430. The maximum absolute atomic E-state index is 13.8. The lowest BCUT2D eigenvalue weighted by Crippen LogP contribution is -2.51. The van der Waals surface area contributed by atoms with Crippen molar-refractivity contribution in [3.05, 3.63) is 87.9 Å². The highest BCUT2D eigenvalue weighted by atomic mass is 35.5. The number of benzene rings is 3. The molecule has 2 heterocycles. The standard InChI is InChI=1S/C33H38ClN3O5/c1-21(2)42-30-19-28-25(17-29(30)41-4)18-31(39)37(33(28)24-5-9-26(34)10-6-24)27-11-7-23(8-12-27)22(3)36-14-13-35(15-16-38)20-32(36)40/h5-12,17,19,21-22,33,38H,13-16,18,20H2,1-4H3/t22-,33-/m0/s1. The van der Waals surface area contributed by atoms with E-state index in [0.29, 0.717) is 36.2 Å². The van der Waals surface area contributed by atoms with Crippen molar-refractivity contribution in [2.75, 3.05) is 44.8 Å². The molecule has 5 rings (SSSR count). The monoisotopic (exact) mass is 591 g/mol. The summed E-state index contributed by atoms with van der Waals surface area (Å²) in [4.78, 5) is 32.4. The van der Waals surface area contributed by atoms with Gasteiger partial charge in [-0.2, -0.15) is 0 Å². The third kappa shape index (κ3) is 6.11. The lowest BCUT2D eigenvalue weighted by molar-refractivity contribution is -0.138. The topological polar surface area (TPSA) is 82.6 Å². The molecule has 3 aromatic carbocycles. The van der Waals surface area contributed by atoms with Crippen LogP contribution in [0, 0.1) is 0 Å². The van der Waals surface area contributed by atoms with Gasteiger partial charge >= 0.3 is 0 Å². The Hall–Kier alpha value is -3.59. The minimum absolute atomic E-state index is 0.0296. The van der Waals surface area contributed by atoms with Crippen LogP contribution in [0.15, 0.2) is 60.7 Å². The van der Waals surface area contributed by atoms with Gasteiger partial charge in [-0.05, 0) is 79.4 Å². The molecule has 3 aromatic rings. The van der Waals surface area contributed by atoms with Crippen molar-refractivity contribution in [1.82, 2.24) is 9.80 Å². The van der Waals surface area contributed by atoms with Crippen molar-refractivity contribution in [3.8, 4) is 11.5 Å². The molecule has 8 nitrogen and oxygen atoms in total. The minimum atomic E-state index is -0.400. The SMILES string of the molecule is COc1cc2c(cc1OC(C)C)[C@H](c1ccc(Cl)cc1)N(c1ccc([C@H](C)N3CCN(CCO)CC3=O)cc1)C(=O)C2. The number of hydrogen-bond donors (Lipinski definition) is 1. The number of aliphatic hydroxyl groups excluding tert-OH is 1. The first-order chi connectivity index (χ1) is 20.2. The van der Waals surface area contributed by atoms with Gasteiger partial charge in [0.1, 0.15) is 0 Å². The summed E-state index contributed by atoms with van der Waals surface area (Å²) in [5.74, 6) is 1.25. The summed E-state index contributed by atoms with van der Waals surface area (Å²) in [6, 6.07) is 18.9. The molecule has 222 valence electrons. The van der Waals surface area contributed by atoms with Gasteiger partial charge < -0.3 is 24.4 Å². The Balaban J connectivity index is 1.49. The van der Waals surface area contributed by atoms with E-state index in [-0.39, 0.29) is 37.0 Å². The van der Waals surface area contributed by atoms with E-state index in [9.17, 15) is 14.7 Å². The van der Waals surface area contributed by atoms with Gasteiger partial charge in [0, 0.05) is 30.3 Å². The van der Waals surface area contributed by atoms with Crippen LogP contribution in [-0.2, 0) is 16.0 Å². The first-order valence-electron chi connectivity index (χ1n) is 14.4. The maximum Gasteiger partial charge on any atom is 0.237 e. The highest BCUT2D eigenvalue weighted by Crippen LogP contribution is 2.44. The van der Waals surface area contributed by atoms with Crippen LogP contribution in [0.1, 0.15) is 55.1 Å². The van der Waals surface area contributed by atoms with Gasteiger partial charge in [-0.25, -0.2) is 0 Å². The lowest BCUT2D eigenvalue weighted by atomic mass is 9.86. The molecular formula is C33H38ClN3O5. The number of β-amino-alcohol motifs (C(OH)–C–C–N with tert-alkyl or cyclic N) is 1. The lowest BCUT2D eigenvalue weighted by Gasteiger charge is -2.39. The van der Waals surface area contributed by atoms with E-state index in [0.717, 1.165) is 34.5 Å². The number of rotatable bonds is 9. The number of amides is 2. The summed E-state index contributed by atoms with van der Waals surface area (Å²) < 4.78 is 11.7. The van der Waals surface area contributed by atoms with Gasteiger partial charge in [-0.15, -0.1) is 0 Å². The molecule has 1 saturated heterocycles. The number of carbonyl (C=O) groups is 2. The third-order valence-electron chi connectivity index (χ3n) is 8.01. The Labute approximate surface area is 252 Å². The van der Waals surface area contributed by atoms with Crippen LogP contribution in [0.2, 0.25) is 5.02 Å². The Morgan fingerprint density at radius 1 is 0.952 bits per heavy atom. The van der Waals surface area contributed by atoms with E-state index in [2.05, 4.69) is 0 Å². The van der Waals surface area contributed by atoms with E-state index in [1.54, 1.807) is 7.11 Å². The number of halogens is 1. The van der Waals surface area contributed by atoms with Gasteiger partial charge in [-0.3, -0.25) is 14.5 Å². The molecule has 0 saturated carbocycles. The normalized spacial score (nSPS) is 18.3. The molecule has 1 fully saturated rings. The zero-order valence-electron chi connectivity index (χ0n) is 24.5. The third-order valence-corrected chi connectivity index (χ3v) is 8.26. The Kier molecular flexibility index (Phi) is 9.06. The number of piperazine rings is 1. The average molecular weight is 592 g/mol. The Morgan fingerprint density at radius 2 is 1.67 bits per heavy atom. The van der Waals surface area contributed by atoms with Crippen molar-refractivity contribution in [2.24, 2.45) is 0 Å². The zero-order chi connectivity index (χ0) is 30.0. The molecular weight excluding hydrogens is 554 g/mol. The average Bonchev–Trinajstić information content (AvgIpc) is 2.97. The second-order valence-corrected chi connectivity index (χ2v) is 11.6. The van der Waals surface area contributed by atoms with Crippen molar-refractivity contribution in [1.29, 1.82) is 0 Å². The molecule has 0 aliphatic carbocycles. The fraction of sp³-hybridized carbons (Fsp3) is 0.394. The van der Waals surface area contributed by atoms with E-state index in [4.69, 9.17) is 21.1 Å². The van der Waals surface area contributed by atoms with E-state index in [1.807, 2.05) is 96.1 Å². The molecule has 0 aromatic heterocycles. The van der Waals surface area contributed by atoms with Gasteiger partial charge in [0.05, 0.1) is 44.9 Å². The highest BCUT2D eigenvalue weighted by molar-refractivity contribution is 6.30. The van der Waals surface area contributed by atoms with Crippen molar-refractivity contribution in [2.45, 2.75) is 45.4 Å². The number of methoxy groups -OCH3 is 1. The molecule has 0 spiro atoms. The number of hydrogen-bond acceptors (Lipinski definition) is 6. The van der Waals surface area contributed by atoms with Gasteiger partial charge in [0.2, 0.25) is 11.8 Å². The number of aliphatic hydroxyl groups is 1. The number of carbonyl (C=O) groups excluding carboxylic acids is 2. The largest absolute Gasteiger partial charge is 0.493 e. The molecule has 2 amide bonds. The number of anilines is 1. The summed E-state index contributed by atoms with van der Waals surface area (Å²) in [6.07, 6.45) is 0.175. The first-order valence-corrected chi connectivity index (χ1v) is 14.8. The van der Waals surface area contributed by atoms with E-state index < -0.39 is 6.04 Å². The summed E-state index contributed by atoms with van der Waals surface area (Å²) in [5, 5.41) is 9.85. The molecule has 0 bridgehead atoms. The van der Waals surface area contributed by atoms with Crippen molar-refractivity contribution < 1.29 is 24.2 Å². The van der Waals surface area contributed by atoms with Crippen molar-refractivity contribution >= 4 is 29.1 Å². The number of nitrogens with zero attached hydrogens (tertiary/aromatic N) is 3. The van der Waals surface area contributed by atoms with E-state index >= 15 is 0 Å². The molecule has 1 N–H and O–H groups in total. The van der Waals surface area contributed by atoms with Gasteiger partial charge in [0.25, 0.3) is 0 Å². The molecule has 0 radical (unpaired) electrons. The smallest absolute Gasteiger partial charge is 0.237 e. The molecule has 0 unspecified atom stereocenters. The Morgan fingerprint density at radius 3 is 2.29 bits per heavy atom. The maximum atomic E-state index is 13.8. The summed E-state index contributed by atoms with van der Waals surface area (Å²) >= 11 is 6.24. The van der Waals surface area contributed by atoms with Gasteiger partial charge in [-0.1, -0.05) is 35.9 Å². The van der Waals surface area contributed by atoms with Crippen LogP contribution in [0.3, 0.4) is 0 Å². The van der Waals surface area contributed by atoms with Crippen LogP contribution < -0.4 is 14.4 Å². The fourth-order valence-electron chi connectivity index (χ4n) is 5.90. The second kappa shape index (κ2) is 12.7. The quantitative estimate of drug-likeness (QED) is 0.377. The molecule has 2 aliphatic rings. The molecule has 42 heavy (non-hydrogen) atoms. The predicted molar refractivity (Wildman–Crippen MR) is 163 cm³/mol. The second-order valence-electron chi connectivity index (χ2n) is 11.1. The predicted octanol–water partition coefficient (Wildman–Crippen LogP) is 5.01. The minimum Gasteiger partial charge on any atom is -0.493 e. The highest BCUT2D eigenvalue weighted by Gasteiger charge is 2.36. The van der Waals surface area contributed by atoms with Crippen LogP contribution in [0.4, 0.5) is 5.69 Å². The number of ether oxygens (including phenoxy) is 2. The van der Waals surface area contributed by atoms with Crippen molar-refractivity contribution in [3.63, 3.8) is 0 Å². The van der Waals surface area contributed by atoms with Crippen LogP contribution in [0.25, 0.3) is 0 Å². The molecule has 9 heteroatoms. The zero-order valence-corrected chi connectivity index (χ0v) is 25.3.